The van der Waals surface area contributed by atoms with E-state index in [1.165, 1.54) is 29.9 Å². The largest absolute Gasteiger partial charge is 0.466 e. The van der Waals surface area contributed by atoms with Crippen molar-refractivity contribution in [3.05, 3.63) is 121 Å². The van der Waals surface area contributed by atoms with E-state index in [2.05, 4.69) is 4.99 Å². The molecule has 8 nitrogen and oxygen atoms in total. The van der Waals surface area contributed by atoms with Crippen molar-refractivity contribution >= 4 is 29.4 Å². The molecule has 0 saturated heterocycles. The van der Waals surface area contributed by atoms with E-state index in [-0.39, 0.29) is 11.1 Å². The number of carbonyl (C=O) groups excluding carboxylic acids is 2. The van der Waals surface area contributed by atoms with Gasteiger partial charge in [0.2, 0.25) is 0 Å². The van der Waals surface area contributed by atoms with Crippen LogP contribution >= 0.6 is 11.3 Å². The molecule has 39 heavy (non-hydrogen) atoms. The quantitative estimate of drug-likeness (QED) is 0.270. The Morgan fingerprint density at radius 3 is 2.36 bits per heavy atom. The molecule has 0 radical (unpaired) electrons. The first-order chi connectivity index (χ1) is 18.8. The van der Waals surface area contributed by atoms with Gasteiger partial charge in [-0.25, -0.2) is 9.79 Å². The molecule has 0 saturated carbocycles. The van der Waals surface area contributed by atoms with Gasteiger partial charge in [0, 0.05) is 6.92 Å². The van der Waals surface area contributed by atoms with E-state index in [1.807, 2.05) is 54.6 Å². The molecule has 1 aromatic heterocycles. The summed E-state index contributed by atoms with van der Waals surface area (Å²) < 4.78 is 18.1. The molecular weight excluding hydrogens is 516 g/mol. The van der Waals surface area contributed by atoms with Crippen LogP contribution in [0.15, 0.2) is 99.9 Å². The van der Waals surface area contributed by atoms with Gasteiger partial charge in [-0.15, -0.1) is 0 Å². The molecule has 2 heterocycles. The van der Waals surface area contributed by atoms with Crippen LogP contribution in [0.25, 0.3) is 6.08 Å². The van der Waals surface area contributed by atoms with Gasteiger partial charge < -0.3 is 14.2 Å². The highest BCUT2D eigenvalue weighted by Crippen LogP contribution is 2.31. The van der Waals surface area contributed by atoms with Crippen LogP contribution in [-0.2, 0) is 14.3 Å². The number of esters is 2. The molecule has 0 fully saturated rings. The van der Waals surface area contributed by atoms with Crippen molar-refractivity contribution in [2.45, 2.75) is 19.9 Å². The van der Waals surface area contributed by atoms with Crippen molar-refractivity contribution in [2.24, 2.45) is 4.99 Å². The van der Waals surface area contributed by atoms with Crippen LogP contribution in [0.5, 0.6) is 17.2 Å². The lowest BCUT2D eigenvalue weighted by atomic mass is 9.96. The first kappa shape index (κ1) is 25.9. The monoisotopic (exact) mass is 540 g/mol. The number of aromatic nitrogens is 1. The first-order valence-corrected chi connectivity index (χ1v) is 12.9. The molecule has 0 spiro atoms. The molecule has 0 amide bonds. The fraction of sp³-hybridized carbons (Fsp3) is 0.133. The average Bonchev–Trinajstić information content (AvgIpc) is 3.22. The van der Waals surface area contributed by atoms with E-state index in [0.29, 0.717) is 37.8 Å². The number of thiazole rings is 1. The summed E-state index contributed by atoms with van der Waals surface area (Å²) in [6.45, 7) is 3.03. The number of hydrogen-bond donors (Lipinski definition) is 0. The number of benzene rings is 3. The zero-order valence-corrected chi connectivity index (χ0v) is 22.2. The van der Waals surface area contributed by atoms with Gasteiger partial charge in [0.15, 0.2) is 4.80 Å². The predicted molar refractivity (Wildman–Crippen MR) is 146 cm³/mol. The maximum absolute atomic E-state index is 13.8. The topological polar surface area (TPSA) is 96.2 Å². The summed E-state index contributed by atoms with van der Waals surface area (Å²) in [5, 5.41) is 0. The number of allylic oxidation sites excluding steroid dienone is 1. The van der Waals surface area contributed by atoms with Crippen molar-refractivity contribution in [1.29, 1.82) is 0 Å². The molecule has 0 bridgehead atoms. The smallest absolute Gasteiger partial charge is 0.338 e. The average molecular weight is 541 g/mol. The number of para-hydroxylation sites is 1. The lowest BCUT2D eigenvalue weighted by Crippen LogP contribution is -2.39. The number of fused-ring (bicyclic) bond motifs is 1. The molecule has 4 aromatic rings. The summed E-state index contributed by atoms with van der Waals surface area (Å²) in [5.74, 6) is 0.679. The number of nitrogens with zero attached hydrogens (tertiary/aromatic N) is 2. The Hall–Kier alpha value is -4.76. The summed E-state index contributed by atoms with van der Waals surface area (Å²) in [6.07, 6.45) is 1.78. The Morgan fingerprint density at radius 2 is 1.67 bits per heavy atom. The standard InChI is InChI=1S/C30H24N2O6S/c1-18-26(29(35)36-3)27(21-12-14-23(15-13-21)37-19(2)33)32-28(34)25(39-30(32)31-18)17-20-8-7-11-24(16-20)38-22-9-5-4-6-10-22/h4-17,27H,1-3H3/b25-17+. The van der Waals surface area contributed by atoms with E-state index in [1.54, 1.807) is 37.3 Å². The molecule has 0 aliphatic carbocycles. The van der Waals surface area contributed by atoms with Crippen LogP contribution in [0.3, 0.4) is 0 Å². The van der Waals surface area contributed by atoms with Crippen LogP contribution in [0, 0.1) is 0 Å². The fourth-order valence-electron chi connectivity index (χ4n) is 4.34. The first-order valence-electron chi connectivity index (χ1n) is 12.1. The Morgan fingerprint density at radius 1 is 0.949 bits per heavy atom. The number of rotatable bonds is 6. The maximum Gasteiger partial charge on any atom is 0.338 e. The van der Waals surface area contributed by atoms with Crippen LogP contribution in [0.4, 0.5) is 0 Å². The van der Waals surface area contributed by atoms with E-state index in [4.69, 9.17) is 14.2 Å². The third-order valence-electron chi connectivity index (χ3n) is 6.02. The van der Waals surface area contributed by atoms with Gasteiger partial charge in [0.05, 0.1) is 29.0 Å². The minimum Gasteiger partial charge on any atom is -0.466 e. The predicted octanol–water partition coefficient (Wildman–Crippen LogP) is 4.13. The second-order valence-corrected chi connectivity index (χ2v) is 9.73. The van der Waals surface area contributed by atoms with Crippen LogP contribution in [0.2, 0.25) is 0 Å². The highest BCUT2D eigenvalue weighted by atomic mass is 32.1. The summed E-state index contributed by atoms with van der Waals surface area (Å²) in [6, 6.07) is 22.8. The molecule has 196 valence electrons. The highest BCUT2D eigenvalue weighted by Gasteiger charge is 2.33. The second-order valence-electron chi connectivity index (χ2n) is 8.72. The minimum atomic E-state index is -0.769. The van der Waals surface area contributed by atoms with Crippen molar-refractivity contribution in [3.8, 4) is 17.2 Å². The molecule has 0 N–H and O–H groups in total. The zero-order chi connectivity index (χ0) is 27.5. The SMILES string of the molecule is COC(=O)C1=C(C)N=c2s/c(=C/c3cccc(Oc4ccccc4)c3)c(=O)n2C1c1ccc(OC(C)=O)cc1. The van der Waals surface area contributed by atoms with Gasteiger partial charge in [-0.3, -0.25) is 14.2 Å². The summed E-state index contributed by atoms with van der Waals surface area (Å²) in [5.41, 5.74) is 1.85. The number of hydrogen-bond acceptors (Lipinski definition) is 8. The highest BCUT2D eigenvalue weighted by molar-refractivity contribution is 7.07. The van der Waals surface area contributed by atoms with Gasteiger partial charge in [0.1, 0.15) is 17.2 Å². The lowest BCUT2D eigenvalue weighted by molar-refractivity contribution is -0.136. The third kappa shape index (κ3) is 5.44. The van der Waals surface area contributed by atoms with Gasteiger partial charge in [0.25, 0.3) is 5.56 Å². The van der Waals surface area contributed by atoms with Crippen molar-refractivity contribution in [1.82, 2.24) is 4.57 Å². The molecule has 1 atom stereocenters. The number of carbonyl (C=O) groups is 2. The zero-order valence-electron chi connectivity index (χ0n) is 21.4. The maximum atomic E-state index is 13.8. The Bertz CT molecular complexity index is 1770. The molecule has 9 heteroatoms. The van der Waals surface area contributed by atoms with Crippen LogP contribution in [-0.4, -0.2) is 23.6 Å². The van der Waals surface area contributed by atoms with Crippen molar-refractivity contribution in [2.75, 3.05) is 7.11 Å². The van der Waals surface area contributed by atoms with Gasteiger partial charge in [-0.05, 0) is 60.5 Å². The van der Waals surface area contributed by atoms with Crippen molar-refractivity contribution in [3.63, 3.8) is 0 Å². The normalized spacial score (nSPS) is 14.8. The minimum absolute atomic E-state index is 0.259. The van der Waals surface area contributed by atoms with Crippen LogP contribution < -0.4 is 24.4 Å². The third-order valence-corrected chi connectivity index (χ3v) is 7.00. The molecule has 3 aromatic carbocycles. The van der Waals surface area contributed by atoms with Gasteiger partial charge in [-0.1, -0.05) is 53.8 Å². The Kier molecular flexibility index (Phi) is 7.25. The van der Waals surface area contributed by atoms with E-state index >= 15 is 0 Å². The number of methoxy groups -OCH3 is 1. The molecule has 5 rings (SSSR count). The van der Waals surface area contributed by atoms with Crippen LogP contribution in [0.1, 0.15) is 31.0 Å². The van der Waals surface area contributed by atoms with E-state index in [0.717, 1.165) is 5.56 Å². The van der Waals surface area contributed by atoms with Gasteiger partial charge >= 0.3 is 11.9 Å². The summed E-state index contributed by atoms with van der Waals surface area (Å²) in [7, 11) is 1.29. The molecule has 1 aliphatic rings. The molecule has 1 unspecified atom stereocenters. The lowest BCUT2D eigenvalue weighted by Gasteiger charge is -2.24. The summed E-state index contributed by atoms with van der Waals surface area (Å²) in [4.78, 5) is 43.0. The fourth-order valence-corrected chi connectivity index (χ4v) is 5.38. The molecular formula is C30H24N2O6S. The van der Waals surface area contributed by atoms with E-state index < -0.39 is 18.0 Å². The van der Waals surface area contributed by atoms with Crippen molar-refractivity contribution < 1.29 is 23.8 Å². The van der Waals surface area contributed by atoms with Gasteiger partial charge in [-0.2, -0.15) is 0 Å². The summed E-state index contributed by atoms with van der Waals surface area (Å²) >= 11 is 1.23. The number of ether oxygens (including phenoxy) is 3. The Labute approximate surface area is 227 Å². The van der Waals surface area contributed by atoms with E-state index in [9.17, 15) is 14.4 Å². The Balaban J connectivity index is 1.59. The second kappa shape index (κ2) is 10.9. The molecule has 1 aliphatic heterocycles.